The van der Waals surface area contributed by atoms with Gasteiger partial charge in [-0.05, 0) is 16.3 Å². The second kappa shape index (κ2) is 5.82. The molecule has 0 bridgehead atoms. The van der Waals surface area contributed by atoms with E-state index >= 15 is 0 Å². The van der Waals surface area contributed by atoms with Crippen LogP contribution in [0.4, 0.5) is 0 Å². The molecule has 1 atom stereocenters. The number of carboxylic acids is 1. The van der Waals surface area contributed by atoms with E-state index in [0.717, 1.165) is 16.3 Å². The first-order valence-corrected chi connectivity index (χ1v) is 5.54. The number of carbonyl (C=O) groups is 1. The third kappa shape index (κ3) is 3.06. The smallest absolute Gasteiger partial charge is 0.323 e. The SMILES string of the molecule is O=[C-]N[C@@H](Cc1ccc2ccccc2c1)C(=O)O.[Fm]. The van der Waals surface area contributed by atoms with Gasteiger partial charge in [-0.25, -0.2) is 0 Å². The number of hydrogen-bond donors (Lipinski definition) is 2. The summed E-state index contributed by atoms with van der Waals surface area (Å²) >= 11 is 0. The molecular formula is C14H12FmNO3-. The molecule has 1 amide bonds. The van der Waals surface area contributed by atoms with Crippen molar-refractivity contribution in [3.63, 3.8) is 0 Å². The Kier molecular flexibility index (Phi) is 4.20. The van der Waals surface area contributed by atoms with Crippen LogP contribution < -0.4 is 5.32 Å². The van der Waals surface area contributed by atoms with Gasteiger partial charge in [-0.2, -0.15) is 6.41 Å². The molecule has 19 heavy (non-hydrogen) atoms. The van der Waals surface area contributed by atoms with Crippen molar-refractivity contribution >= 4 is 23.2 Å². The maximum absolute atomic E-state index is 10.9. The third-order valence-electron chi connectivity index (χ3n) is 2.78. The van der Waals surface area contributed by atoms with Crippen LogP contribution in [-0.4, -0.2) is 23.5 Å². The van der Waals surface area contributed by atoms with Crippen molar-refractivity contribution in [1.29, 1.82) is 0 Å². The van der Waals surface area contributed by atoms with Crippen LogP contribution >= 0.6 is 0 Å². The Balaban J connectivity index is 0.00000180. The van der Waals surface area contributed by atoms with Crippen LogP contribution in [0.2, 0.25) is 0 Å². The van der Waals surface area contributed by atoms with Crippen LogP contribution in [0.25, 0.3) is 10.8 Å². The van der Waals surface area contributed by atoms with Crippen molar-refractivity contribution < 1.29 is 14.7 Å². The van der Waals surface area contributed by atoms with Crippen molar-refractivity contribution in [3.8, 4) is 0 Å². The molecule has 0 unspecified atom stereocenters. The first kappa shape index (κ1) is 13.7. The molecule has 0 radical (unpaired) electrons. The average Bonchev–Trinajstić information content (AvgIpc) is 2.38. The van der Waals surface area contributed by atoms with E-state index in [-0.39, 0.29) is 6.42 Å². The number of fused-ring (bicyclic) bond motifs is 1. The Bertz CT molecular complexity index is 586. The van der Waals surface area contributed by atoms with E-state index in [4.69, 9.17) is 5.11 Å². The van der Waals surface area contributed by atoms with Crippen molar-refractivity contribution in [1.82, 2.24) is 5.32 Å². The van der Waals surface area contributed by atoms with Gasteiger partial charge in [0, 0.05) is 6.42 Å². The summed E-state index contributed by atoms with van der Waals surface area (Å²) in [5.74, 6) is -1.06. The predicted octanol–water partition coefficient (Wildman–Crippen LogP) is 1.49. The average molecular weight is 499 g/mol. The quantitative estimate of drug-likeness (QED) is 0.485. The number of carboxylic acid groups (broad SMARTS) is 1. The van der Waals surface area contributed by atoms with Crippen LogP contribution in [0.5, 0.6) is 0 Å². The molecule has 5 heteroatoms. The molecule has 2 rings (SSSR count). The molecule has 104 valence electrons. The van der Waals surface area contributed by atoms with Gasteiger partial charge < -0.3 is 15.2 Å². The van der Waals surface area contributed by atoms with E-state index in [0.29, 0.717) is 0 Å². The van der Waals surface area contributed by atoms with Gasteiger partial charge >= 0.3 is 5.97 Å². The molecule has 0 saturated carbocycles. The molecule has 0 aliphatic heterocycles. The van der Waals surface area contributed by atoms with Gasteiger partial charge in [0.1, 0.15) is 6.04 Å². The summed E-state index contributed by atoms with van der Waals surface area (Å²) in [6.07, 6.45) is 1.67. The Morgan fingerprint density at radius 1 is 1.21 bits per heavy atom. The maximum Gasteiger partial charge on any atom is 0.323 e. The molecule has 0 fully saturated rings. The molecule has 4 nitrogen and oxygen atoms in total. The summed E-state index contributed by atoms with van der Waals surface area (Å²) in [4.78, 5) is 21.1. The molecule has 2 aromatic rings. The second-order valence-electron chi connectivity index (χ2n) is 4.02. The summed E-state index contributed by atoms with van der Waals surface area (Å²) in [5, 5.41) is 13.3. The number of hydrogen-bond acceptors (Lipinski definition) is 2. The molecule has 0 aliphatic carbocycles. The minimum atomic E-state index is -1.06. The summed E-state index contributed by atoms with van der Waals surface area (Å²) in [5.41, 5.74) is 0.865. The molecule has 2 N–H and O–H groups in total. The van der Waals surface area contributed by atoms with E-state index < -0.39 is 12.0 Å². The normalized spacial score (nSPS) is 11.4. The number of amides is 1. The molecule has 0 aromatic heterocycles. The van der Waals surface area contributed by atoms with Gasteiger partial charge in [0.25, 0.3) is 0 Å². The number of carbonyl (C=O) groups excluding carboxylic acids is 1. The first-order chi connectivity index (χ1) is 8.70. The Morgan fingerprint density at radius 3 is 2.53 bits per heavy atom. The molecule has 0 spiro atoms. The number of nitrogens with one attached hydrogen (secondary N) is 1. The molecule has 0 heterocycles. The molecule has 0 aliphatic rings. The minimum absolute atomic E-state index is 0. The van der Waals surface area contributed by atoms with E-state index in [2.05, 4.69) is 5.32 Å². The Morgan fingerprint density at radius 2 is 1.89 bits per heavy atom. The Hall–Kier alpha value is -3.36. The first-order valence-electron chi connectivity index (χ1n) is 5.54. The van der Waals surface area contributed by atoms with E-state index in [1.807, 2.05) is 42.5 Å². The predicted molar refractivity (Wildman–Crippen MR) is 67.9 cm³/mol. The zero-order chi connectivity index (χ0) is 13.0. The van der Waals surface area contributed by atoms with Crippen molar-refractivity contribution in [3.05, 3.63) is 48.0 Å². The largest absolute Gasteiger partial charge is 0.520 e. The fraction of sp³-hybridized carbons (Fsp3) is 0.143. The van der Waals surface area contributed by atoms with Crippen LogP contribution in [0.3, 0.4) is 0 Å². The van der Waals surface area contributed by atoms with Gasteiger partial charge in [0.05, 0.1) is 0 Å². The number of benzene rings is 2. The molecule has 0 saturated heterocycles. The van der Waals surface area contributed by atoms with Crippen LogP contribution in [0.15, 0.2) is 42.5 Å². The summed E-state index contributed by atoms with van der Waals surface area (Å²) < 4.78 is 0. The zero-order valence-corrected chi connectivity index (χ0v) is 12.3. The van der Waals surface area contributed by atoms with Crippen molar-refractivity contribution in [2.45, 2.75) is 12.5 Å². The van der Waals surface area contributed by atoms with E-state index in [1.54, 1.807) is 0 Å². The fourth-order valence-corrected chi connectivity index (χ4v) is 1.87. The van der Waals surface area contributed by atoms with Gasteiger partial charge in [-0.1, -0.05) is 42.5 Å². The van der Waals surface area contributed by atoms with Crippen LogP contribution in [0.1, 0.15) is 5.56 Å². The summed E-state index contributed by atoms with van der Waals surface area (Å²) in [7, 11) is 0. The number of rotatable bonds is 5. The van der Waals surface area contributed by atoms with Crippen molar-refractivity contribution in [2.24, 2.45) is 0 Å². The zero-order valence-electron chi connectivity index (χ0n) is 9.88. The van der Waals surface area contributed by atoms with Gasteiger partial charge in [-0.3, -0.25) is 4.79 Å². The van der Waals surface area contributed by atoms with E-state index in [9.17, 15) is 9.59 Å². The number of aliphatic carboxylic acids is 1. The minimum Gasteiger partial charge on any atom is -0.520 e. The fourth-order valence-electron chi connectivity index (χ4n) is 1.87. The van der Waals surface area contributed by atoms with Crippen LogP contribution in [-0.2, 0) is 16.0 Å². The van der Waals surface area contributed by atoms with Gasteiger partial charge in [0.2, 0.25) is 0 Å². The molecular weight excluding hydrogens is 487 g/mol. The topological polar surface area (TPSA) is 66.4 Å². The second-order valence-corrected chi connectivity index (χ2v) is 4.02. The maximum atomic E-state index is 10.9. The summed E-state index contributed by atoms with van der Waals surface area (Å²) in [6.45, 7) is 0. The monoisotopic (exact) mass is 499 g/mol. The van der Waals surface area contributed by atoms with E-state index in [1.165, 1.54) is 6.41 Å². The van der Waals surface area contributed by atoms with Crippen molar-refractivity contribution in [2.75, 3.05) is 0 Å². The molecule has 2 aromatic carbocycles. The van der Waals surface area contributed by atoms with Gasteiger partial charge in [-0.15, -0.1) is 0 Å². The Labute approximate surface area is 104 Å². The van der Waals surface area contributed by atoms with Crippen LogP contribution in [0, 0.1) is 0 Å². The standard InChI is InChI=1S/C14H12NO3.Fm/c16-9-15-13(14(17)18)8-10-5-6-11-3-1-2-4-12(11)7-10;/h1-7,13H,8H2,(H,15,16)(H,17,18);/q-1;/t13-;/m0./s1. The van der Waals surface area contributed by atoms with Gasteiger partial charge in [0.15, 0.2) is 0 Å². The summed E-state index contributed by atoms with van der Waals surface area (Å²) in [6, 6.07) is 12.6. The third-order valence-corrected chi connectivity index (χ3v) is 2.78.